The van der Waals surface area contributed by atoms with Gasteiger partial charge in [-0.05, 0) is 42.9 Å². The number of rotatable bonds is 5. The average molecular weight is 362 g/mol. The van der Waals surface area contributed by atoms with Crippen molar-refractivity contribution in [2.45, 2.75) is 32.1 Å². The predicted octanol–water partition coefficient (Wildman–Crippen LogP) is 1.32. The van der Waals surface area contributed by atoms with E-state index in [0.717, 1.165) is 30.3 Å². The molecule has 26 heavy (non-hydrogen) atoms. The Morgan fingerprint density at radius 2 is 1.96 bits per heavy atom. The number of carbonyl (C=O) groups excluding carboxylic acids is 2. The average Bonchev–Trinajstić information content (AvgIpc) is 2.61. The van der Waals surface area contributed by atoms with Gasteiger partial charge in [0.2, 0.25) is 0 Å². The SMILES string of the molecule is C[NH+](CC(=O)Nc1cccc(F)c1)CC(=O)N1CC[C@@H]2CCCC[C@@H]2C1. The third-order valence-electron chi connectivity index (χ3n) is 5.67. The second-order valence-electron chi connectivity index (χ2n) is 7.80. The van der Waals surface area contributed by atoms with Crippen LogP contribution in [0.3, 0.4) is 0 Å². The standard InChI is InChI=1S/C20H28FN3O2/c1-23(13-19(25)22-18-8-4-7-17(21)11-18)14-20(26)24-10-9-15-5-2-3-6-16(15)12-24/h4,7-8,11,15-16H,2-3,5-6,9-10,12-14H2,1H3,(H,22,25)/p+1/t15-,16+/m0/s1. The maximum absolute atomic E-state index is 13.2. The third kappa shape index (κ3) is 5.04. The number of hydrogen-bond acceptors (Lipinski definition) is 2. The van der Waals surface area contributed by atoms with Crippen LogP contribution in [0.2, 0.25) is 0 Å². The van der Waals surface area contributed by atoms with Crippen LogP contribution in [-0.2, 0) is 9.59 Å². The highest BCUT2D eigenvalue weighted by atomic mass is 19.1. The van der Waals surface area contributed by atoms with E-state index < -0.39 is 0 Å². The second-order valence-corrected chi connectivity index (χ2v) is 7.80. The molecular weight excluding hydrogens is 333 g/mol. The van der Waals surface area contributed by atoms with Gasteiger partial charge in [-0.2, -0.15) is 0 Å². The molecule has 3 rings (SSSR count). The molecule has 0 aromatic heterocycles. The van der Waals surface area contributed by atoms with Crippen molar-refractivity contribution in [1.29, 1.82) is 0 Å². The zero-order chi connectivity index (χ0) is 18.5. The maximum Gasteiger partial charge on any atom is 0.279 e. The summed E-state index contributed by atoms with van der Waals surface area (Å²) in [5, 5.41) is 2.68. The normalized spacial score (nSPS) is 23.8. The van der Waals surface area contributed by atoms with Crippen LogP contribution in [0.4, 0.5) is 10.1 Å². The summed E-state index contributed by atoms with van der Waals surface area (Å²) in [4.78, 5) is 27.5. The van der Waals surface area contributed by atoms with Gasteiger partial charge in [-0.1, -0.05) is 25.3 Å². The number of amides is 2. The van der Waals surface area contributed by atoms with Crippen molar-refractivity contribution < 1.29 is 18.9 Å². The van der Waals surface area contributed by atoms with Crippen LogP contribution in [0.15, 0.2) is 24.3 Å². The fraction of sp³-hybridized carbons (Fsp3) is 0.600. The molecule has 2 N–H and O–H groups in total. The van der Waals surface area contributed by atoms with Crippen molar-refractivity contribution in [3.63, 3.8) is 0 Å². The number of likely N-dealkylation sites (tertiary alicyclic amines) is 1. The zero-order valence-corrected chi connectivity index (χ0v) is 15.5. The minimum absolute atomic E-state index is 0.130. The number of hydrogen-bond donors (Lipinski definition) is 2. The number of halogens is 1. The highest BCUT2D eigenvalue weighted by Crippen LogP contribution is 2.35. The molecule has 0 spiro atoms. The number of likely N-dealkylation sites (N-methyl/N-ethyl adjacent to an activating group) is 1. The summed E-state index contributed by atoms with van der Waals surface area (Å²) in [5.74, 6) is 0.995. The van der Waals surface area contributed by atoms with Gasteiger partial charge in [0.05, 0.1) is 7.05 Å². The Labute approximate surface area is 154 Å². The molecule has 0 bridgehead atoms. The molecule has 5 nitrogen and oxygen atoms in total. The summed E-state index contributed by atoms with van der Waals surface area (Å²) in [6.07, 6.45) is 6.30. The molecule has 1 aromatic carbocycles. The number of anilines is 1. The molecule has 142 valence electrons. The largest absolute Gasteiger partial charge is 0.338 e. The first-order valence-electron chi connectivity index (χ1n) is 9.66. The number of piperidine rings is 1. The molecule has 1 heterocycles. The van der Waals surface area contributed by atoms with Gasteiger partial charge in [0, 0.05) is 18.8 Å². The van der Waals surface area contributed by atoms with Crippen LogP contribution >= 0.6 is 0 Å². The molecule has 2 amide bonds. The lowest BCUT2D eigenvalue weighted by Gasteiger charge is -2.41. The Balaban J connectivity index is 1.44. The van der Waals surface area contributed by atoms with Gasteiger partial charge in [0.15, 0.2) is 13.1 Å². The molecule has 1 saturated carbocycles. The van der Waals surface area contributed by atoms with E-state index >= 15 is 0 Å². The smallest absolute Gasteiger partial charge is 0.279 e. The van der Waals surface area contributed by atoms with Gasteiger partial charge in [-0.15, -0.1) is 0 Å². The van der Waals surface area contributed by atoms with E-state index in [-0.39, 0.29) is 24.2 Å². The van der Waals surface area contributed by atoms with Gasteiger partial charge < -0.3 is 15.1 Å². The predicted molar refractivity (Wildman–Crippen MR) is 98.3 cm³/mol. The third-order valence-corrected chi connectivity index (χ3v) is 5.67. The van der Waals surface area contributed by atoms with Crippen LogP contribution in [0.1, 0.15) is 32.1 Å². The van der Waals surface area contributed by atoms with Gasteiger partial charge in [-0.3, -0.25) is 9.59 Å². The monoisotopic (exact) mass is 362 g/mol. The summed E-state index contributed by atoms with van der Waals surface area (Å²) in [6.45, 7) is 2.23. The van der Waals surface area contributed by atoms with Crippen molar-refractivity contribution >= 4 is 17.5 Å². The number of carbonyl (C=O) groups is 2. The highest BCUT2D eigenvalue weighted by molar-refractivity contribution is 5.91. The first-order chi connectivity index (χ1) is 12.5. The van der Waals surface area contributed by atoms with Gasteiger partial charge in [-0.25, -0.2) is 4.39 Å². The van der Waals surface area contributed by atoms with Crippen molar-refractivity contribution in [3.8, 4) is 0 Å². The molecule has 1 aromatic rings. The Morgan fingerprint density at radius 1 is 1.19 bits per heavy atom. The lowest BCUT2D eigenvalue weighted by molar-refractivity contribution is -0.862. The Hall–Kier alpha value is -1.95. The van der Waals surface area contributed by atoms with E-state index in [1.807, 2.05) is 11.9 Å². The van der Waals surface area contributed by atoms with Gasteiger partial charge >= 0.3 is 0 Å². The highest BCUT2D eigenvalue weighted by Gasteiger charge is 2.33. The second kappa shape index (κ2) is 8.62. The molecule has 1 unspecified atom stereocenters. The fourth-order valence-electron chi connectivity index (χ4n) is 4.31. The molecule has 1 aliphatic heterocycles. The van der Waals surface area contributed by atoms with E-state index in [9.17, 15) is 14.0 Å². The first-order valence-corrected chi connectivity index (χ1v) is 9.66. The molecule has 0 radical (unpaired) electrons. The lowest BCUT2D eigenvalue weighted by atomic mass is 9.75. The Bertz CT molecular complexity index is 652. The van der Waals surface area contributed by atoms with Gasteiger partial charge in [0.25, 0.3) is 11.8 Å². The van der Waals surface area contributed by atoms with Crippen molar-refractivity contribution in [3.05, 3.63) is 30.1 Å². The number of quaternary nitrogens is 1. The summed E-state index contributed by atoms with van der Waals surface area (Å²) >= 11 is 0. The molecule has 2 aliphatic rings. The van der Waals surface area contributed by atoms with Crippen LogP contribution < -0.4 is 10.2 Å². The van der Waals surface area contributed by atoms with Crippen molar-refractivity contribution in [1.82, 2.24) is 4.90 Å². The first kappa shape index (κ1) is 18.8. The molecule has 2 fully saturated rings. The molecule has 6 heteroatoms. The fourth-order valence-corrected chi connectivity index (χ4v) is 4.31. The van der Waals surface area contributed by atoms with E-state index in [0.29, 0.717) is 18.2 Å². The lowest BCUT2D eigenvalue weighted by Crippen LogP contribution is -3.11. The van der Waals surface area contributed by atoms with Crippen LogP contribution in [0.25, 0.3) is 0 Å². The minimum Gasteiger partial charge on any atom is -0.338 e. The maximum atomic E-state index is 13.2. The Morgan fingerprint density at radius 3 is 2.73 bits per heavy atom. The quantitative estimate of drug-likeness (QED) is 0.830. The van der Waals surface area contributed by atoms with Crippen LogP contribution in [-0.4, -0.2) is 49.9 Å². The topological polar surface area (TPSA) is 53.9 Å². The molecule has 1 saturated heterocycles. The Kier molecular flexibility index (Phi) is 6.25. The van der Waals surface area contributed by atoms with Crippen LogP contribution in [0.5, 0.6) is 0 Å². The minimum atomic E-state index is -0.384. The number of benzene rings is 1. The van der Waals surface area contributed by atoms with Gasteiger partial charge in [0.1, 0.15) is 5.82 Å². The van der Waals surface area contributed by atoms with E-state index in [1.165, 1.54) is 37.8 Å². The molecule has 1 aliphatic carbocycles. The number of fused-ring (bicyclic) bond motifs is 1. The summed E-state index contributed by atoms with van der Waals surface area (Å²) in [7, 11) is 1.84. The molecular formula is C20H29FN3O2+. The number of nitrogens with one attached hydrogen (secondary N) is 2. The zero-order valence-electron chi connectivity index (χ0n) is 15.5. The van der Waals surface area contributed by atoms with E-state index in [4.69, 9.17) is 0 Å². The number of nitrogens with zero attached hydrogens (tertiary/aromatic N) is 1. The summed E-state index contributed by atoms with van der Waals surface area (Å²) in [5.41, 5.74) is 0.438. The van der Waals surface area contributed by atoms with Crippen LogP contribution in [0, 0.1) is 17.7 Å². The van der Waals surface area contributed by atoms with E-state index in [1.54, 1.807) is 12.1 Å². The van der Waals surface area contributed by atoms with Crippen molar-refractivity contribution in [2.75, 3.05) is 38.5 Å². The molecule has 3 atom stereocenters. The summed E-state index contributed by atoms with van der Waals surface area (Å²) < 4.78 is 13.2. The van der Waals surface area contributed by atoms with Crippen molar-refractivity contribution in [2.24, 2.45) is 11.8 Å². The van der Waals surface area contributed by atoms with E-state index in [2.05, 4.69) is 5.32 Å². The summed E-state index contributed by atoms with van der Waals surface area (Å²) in [6, 6.07) is 5.82.